The summed E-state index contributed by atoms with van der Waals surface area (Å²) in [7, 11) is 0. The van der Waals surface area contributed by atoms with Gasteiger partial charge < -0.3 is 11.1 Å². The number of hydrogen-bond donors (Lipinski definition) is 2. The molecule has 0 bridgehead atoms. The zero-order chi connectivity index (χ0) is 13.3. The number of carbonyl (C=O) groups is 1. The third kappa shape index (κ3) is 2.28. The number of thiazole rings is 1. The van der Waals surface area contributed by atoms with Gasteiger partial charge in [0.15, 0.2) is 5.13 Å². The Kier molecular flexibility index (Phi) is 2.01. The van der Waals surface area contributed by atoms with E-state index in [9.17, 15) is 4.79 Å². The van der Waals surface area contributed by atoms with E-state index in [1.807, 2.05) is 0 Å². The summed E-state index contributed by atoms with van der Waals surface area (Å²) >= 11 is 1.44. The minimum atomic E-state index is -2.21. The van der Waals surface area contributed by atoms with Crippen LogP contribution in [-0.4, -0.2) is 16.9 Å². The zero-order valence-electron chi connectivity index (χ0n) is 11.2. The molecule has 0 unspecified atom stereocenters. The second-order valence-corrected chi connectivity index (χ2v) is 4.72. The first-order valence-corrected chi connectivity index (χ1v) is 5.68. The van der Waals surface area contributed by atoms with Crippen LogP contribution in [0.25, 0.3) is 0 Å². The number of hydrogen-bond acceptors (Lipinski definition) is 4. The van der Waals surface area contributed by atoms with E-state index in [2.05, 4.69) is 10.3 Å². The maximum atomic E-state index is 11.5. The molecular formula is C10H15N3OS. The number of amides is 1. The molecular weight excluding hydrogens is 210 g/mol. The molecule has 1 aliphatic carbocycles. The highest BCUT2D eigenvalue weighted by molar-refractivity contribution is 7.15. The van der Waals surface area contributed by atoms with E-state index in [0.29, 0.717) is 11.6 Å². The van der Waals surface area contributed by atoms with Crippen LogP contribution < -0.4 is 11.1 Å². The Labute approximate surface area is 97.1 Å². The van der Waals surface area contributed by atoms with Crippen LogP contribution in [0.5, 0.6) is 0 Å². The van der Waals surface area contributed by atoms with Crippen molar-refractivity contribution in [2.24, 2.45) is 0 Å². The maximum absolute atomic E-state index is 11.5. The van der Waals surface area contributed by atoms with Crippen LogP contribution in [0, 0.1) is 0 Å². The summed E-state index contributed by atoms with van der Waals surface area (Å²) in [6.07, 6.45) is 1.82. The van der Waals surface area contributed by atoms with Crippen molar-refractivity contribution in [2.45, 2.75) is 38.6 Å². The van der Waals surface area contributed by atoms with E-state index in [-0.39, 0.29) is 6.04 Å². The monoisotopic (exact) mass is 228 g/mol. The SMILES string of the molecule is [2H]C([2H])([2H])CC(=O)N[C@H]1CCc2nc(N)sc2C1. The molecule has 1 heterocycles. The van der Waals surface area contributed by atoms with Crippen molar-refractivity contribution >= 4 is 22.4 Å². The van der Waals surface area contributed by atoms with Gasteiger partial charge in [-0.25, -0.2) is 4.98 Å². The Morgan fingerprint density at radius 3 is 3.53 bits per heavy atom. The summed E-state index contributed by atoms with van der Waals surface area (Å²) in [5.41, 5.74) is 6.65. The molecule has 0 spiro atoms. The maximum Gasteiger partial charge on any atom is 0.219 e. The molecule has 3 N–H and O–H groups in total. The number of rotatable bonds is 2. The lowest BCUT2D eigenvalue weighted by molar-refractivity contribution is -0.121. The molecule has 4 nitrogen and oxygen atoms in total. The Bertz CT molecular complexity index is 458. The molecule has 15 heavy (non-hydrogen) atoms. The van der Waals surface area contributed by atoms with Crippen LogP contribution >= 0.6 is 11.3 Å². The highest BCUT2D eigenvalue weighted by Gasteiger charge is 2.22. The van der Waals surface area contributed by atoms with Gasteiger partial charge in [0.25, 0.3) is 0 Å². The summed E-state index contributed by atoms with van der Waals surface area (Å²) in [4.78, 5) is 16.8. The van der Waals surface area contributed by atoms with Gasteiger partial charge in [-0.3, -0.25) is 4.79 Å². The number of nitrogens with one attached hydrogen (secondary N) is 1. The van der Waals surface area contributed by atoms with Gasteiger partial charge in [0.2, 0.25) is 5.91 Å². The van der Waals surface area contributed by atoms with Gasteiger partial charge >= 0.3 is 0 Å². The normalized spacial score (nSPS) is 23.5. The largest absolute Gasteiger partial charge is 0.375 e. The fourth-order valence-electron chi connectivity index (χ4n) is 1.80. The molecule has 0 fully saturated rings. The van der Waals surface area contributed by atoms with E-state index in [4.69, 9.17) is 9.85 Å². The standard InChI is InChI=1S/C10H15N3OS/c1-2-9(14)12-6-3-4-7-8(5-6)15-10(11)13-7/h6H,2-5H2,1H3,(H2,11,13)(H,12,14)/t6-/m0/s1/i1D3. The highest BCUT2D eigenvalue weighted by atomic mass is 32.1. The molecule has 1 aliphatic rings. The third-order valence-electron chi connectivity index (χ3n) is 2.48. The van der Waals surface area contributed by atoms with Crippen LogP contribution in [0.15, 0.2) is 0 Å². The van der Waals surface area contributed by atoms with Crippen molar-refractivity contribution < 1.29 is 8.91 Å². The van der Waals surface area contributed by atoms with E-state index < -0.39 is 19.2 Å². The second kappa shape index (κ2) is 4.18. The number of nitrogens with zero attached hydrogens (tertiary/aromatic N) is 1. The smallest absolute Gasteiger partial charge is 0.219 e. The molecule has 1 atom stereocenters. The summed E-state index contributed by atoms with van der Waals surface area (Å²) in [5.74, 6) is -0.416. The molecule has 0 saturated heterocycles. The van der Waals surface area contributed by atoms with Crippen LogP contribution in [0.3, 0.4) is 0 Å². The predicted molar refractivity (Wildman–Crippen MR) is 60.8 cm³/mol. The van der Waals surface area contributed by atoms with Gasteiger partial charge in [0.1, 0.15) is 0 Å². The van der Waals surface area contributed by atoms with Crippen LogP contribution in [0.2, 0.25) is 0 Å². The van der Waals surface area contributed by atoms with Crippen molar-refractivity contribution in [3.8, 4) is 0 Å². The first kappa shape index (κ1) is 7.22. The van der Waals surface area contributed by atoms with E-state index in [1.165, 1.54) is 11.3 Å². The molecule has 1 aromatic heterocycles. The fourth-order valence-corrected chi connectivity index (χ4v) is 2.76. The summed E-state index contributed by atoms with van der Waals surface area (Å²) in [5, 5.41) is 3.32. The molecule has 2 rings (SSSR count). The van der Waals surface area contributed by atoms with Crippen molar-refractivity contribution in [1.29, 1.82) is 0 Å². The number of nitrogen functional groups attached to an aromatic ring is 1. The first-order chi connectivity index (χ1) is 8.33. The molecule has 0 aromatic carbocycles. The van der Waals surface area contributed by atoms with Gasteiger partial charge in [-0.05, 0) is 12.8 Å². The third-order valence-corrected chi connectivity index (χ3v) is 3.43. The molecule has 0 saturated carbocycles. The van der Waals surface area contributed by atoms with Crippen molar-refractivity contribution in [3.63, 3.8) is 0 Å². The summed E-state index contributed by atoms with van der Waals surface area (Å²) in [6.45, 7) is -2.21. The lowest BCUT2D eigenvalue weighted by atomic mass is 9.97. The van der Waals surface area contributed by atoms with Crippen LogP contribution in [0.4, 0.5) is 5.13 Å². The molecule has 0 radical (unpaired) electrons. The Morgan fingerprint density at radius 2 is 2.73 bits per heavy atom. The number of anilines is 1. The minimum absolute atomic E-state index is 0.00722. The molecule has 1 amide bonds. The number of aromatic nitrogens is 1. The second-order valence-electron chi connectivity index (χ2n) is 3.61. The van der Waals surface area contributed by atoms with E-state index in [0.717, 1.165) is 23.4 Å². The zero-order valence-corrected chi connectivity index (χ0v) is 9.06. The van der Waals surface area contributed by atoms with Crippen LogP contribution in [0.1, 0.15) is 34.4 Å². The Balaban J connectivity index is 1.91. The highest BCUT2D eigenvalue weighted by Crippen LogP contribution is 2.28. The first-order valence-electron chi connectivity index (χ1n) is 6.37. The van der Waals surface area contributed by atoms with Gasteiger partial charge in [0.05, 0.1) is 5.69 Å². The molecule has 82 valence electrons. The summed E-state index contributed by atoms with van der Waals surface area (Å²) in [6, 6.07) is -0.00722. The van der Waals surface area contributed by atoms with Crippen molar-refractivity contribution in [1.82, 2.24) is 10.3 Å². The molecule has 0 aliphatic heterocycles. The number of carbonyl (C=O) groups excluding carboxylic acids is 1. The summed E-state index contributed by atoms with van der Waals surface area (Å²) < 4.78 is 21.1. The number of fused-ring (bicyclic) bond motifs is 1. The number of nitrogens with two attached hydrogens (primary N) is 1. The topological polar surface area (TPSA) is 68.0 Å². The number of aryl methyl sites for hydroxylation is 1. The molecule has 1 aromatic rings. The van der Waals surface area contributed by atoms with Gasteiger partial charge in [-0.15, -0.1) is 11.3 Å². The van der Waals surface area contributed by atoms with E-state index >= 15 is 0 Å². The average molecular weight is 228 g/mol. The fraction of sp³-hybridized carbons (Fsp3) is 0.600. The predicted octanol–water partition coefficient (Wildman–Crippen LogP) is 1.11. The minimum Gasteiger partial charge on any atom is -0.375 e. The lowest BCUT2D eigenvalue weighted by Crippen LogP contribution is -2.38. The quantitative estimate of drug-likeness (QED) is 0.796. The van der Waals surface area contributed by atoms with E-state index in [1.54, 1.807) is 0 Å². The molecule has 5 heteroatoms. The van der Waals surface area contributed by atoms with Crippen molar-refractivity contribution in [3.05, 3.63) is 10.6 Å². The average Bonchev–Trinajstić information content (AvgIpc) is 2.53. The van der Waals surface area contributed by atoms with Gasteiger partial charge in [0, 0.05) is 27.9 Å². The lowest BCUT2D eigenvalue weighted by Gasteiger charge is -2.21. The van der Waals surface area contributed by atoms with Gasteiger partial charge in [-0.2, -0.15) is 0 Å². The van der Waals surface area contributed by atoms with Crippen molar-refractivity contribution in [2.75, 3.05) is 5.73 Å². The Morgan fingerprint density at radius 1 is 1.87 bits per heavy atom. The van der Waals surface area contributed by atoms with Crippen LogP contribution in [-0.2, 0) is 17.6 Å². The Hall–Kier alpha value is -1.10. The van der Waals surface area contributed by atoms with Gasteiger partial charge in [-0.1, -0.05) is 6.85 Å².